The van der Waals surface area contributed by atoms with Gasteiger partial charge < -0.3 is 18.4 Å². The predicted octanol–water partition coefficient (Wildman–Crippen LogP) is 4.01. The van der Waals surface area contributed by atoms with Crippen LogP contribution in [0.25, 0.3) is 0 Å². The third-order valence-corrected chi connectivity index (χ3v) is 5.62. The maximum absolute atomic E-state index is 8.97. The van der Waals surface area contributed by atoms with Crippen LogP contribution < -0.4 is 0 Å². The van der Waals surface area contributed by atoms with Crippen LogP contribution in [0.2, 0.25) is 6.04 Å². The molecular weight excluding hydrogens is 248 g/mol. The molecule has 0 radical (unpaired) electrons. The molecule has 4 nitrogen and oxygen atoms in total. The van der Waals surface area contributed by atoms with Gasteiger partial charge >= 0.3 is 8.80 Å². The van der Waals surface area contributed by atoms with E-state index in [1.54, 1.807) is 6.92 Å². The summed E-state index contributed by atoms with van der Waals surface area (Å²) in [5.41, 5.74) is 0. The molecule has 0 aliphatic rings. The van der Waals surface area contributed by atoms with Gasteiger partial charge in [0.25, 0.3) is 0 Å². The highest BCUT2D eigenvalue weighted by atomic mass is 28.4. The van der Waals surface area contributed by atoms with Gasteiger partial charge in [-0.2, -0.15) is 0 Å². The zero-order valence-corrected chi connectivity index (χ0v) is 13.2. The maximum atomic E-state index is 8.97. The maximum Gasteiger partial charge on any atom is 0.565 e. The van der Waals surface area contributed by atoms with E-state index in [9.17, 15) is 0 Å². The minimum atomic E-state index is -2.66. The molecule has 0 bridgehead atoms. The van der Waals surface area contributed by atoms with Crippen LogP contribution >= 0.6 is 0 Å². The second-order valence-electron chi connectivity index (χ2n) is 4.20. The zero-order chi connectivity index (χ0) is 13.9. The molecule has 0 atom stereocenters. The molecule has 0 amide bonds. The molecule has 5 heteroatoms. The van der Waals surface area contributed by atoms with Crippen LogP contribution in [0, 0.1) is 0 Å². The molecule has 0 rings (SSSR count). The van der Waals surface area contributed by atoms with Crippen LogP contribution in [-0.4, -0.2) is 27.1 Å². The highest BCUT2D eigenvalue weighted by molar-refractivity contribution is 6.61. The molecule has 108 valence electrons. The lowest BCUT2D eigenvalue weighted by Gasteiger charge is -2.29. The van der Waals surface area contributed by atoms with Gasteiger partial charge in [0.05, 0.1) is 0 Å². The third kappa shape index (κ3) is 7.03. The Hall–Kier alpha value is -0.523. The lowest BCUT2D eigenvalue weighted by molar-refractivity contribution is 0.0889. The van der Waals surface area contributed by atoms with E-state index in [0.29, 0.717) is 19.0 Å². The molecule has 0 aromatic heterocycles. The Morgan fingerprint density at radius 1 is 1.06 bits per heavy atom. The molecule has 0 aromatic carbocycles. The molecule has 0 heterocycles. The Bertz CT molecular complexity index is 225. The van der Waals surface area contributed by atoms with Crippen molar-refractivity contribution in [2.75, 3.05) is 13.2 Å². The summed E-state index contributed by atoms with van der Waals surface area (Å²) in [5, 5.41) is 8.97. The van der Waals surface area contributed by atoms with Crippen molar-refractivity contribution >= 4 is 8.80 Å². The number of aliphatic hydroxyl groups excluding tert-OH is 1. The van der Waals surface area contributed by atoms with Gasteiger partial charge in [-0.3, -0.25) is 0 Å². The topological polar surface area (TPSA) is 47.9 Å². The number of allylic oxidation sites excluding steroid dienone is 1. The van der Waals surface area contributed by atoms with E-state index in [0.717, 1.165) is 25.1 Å². The standard InChI is InChI=1S/C13H28O4Si/c1-5-8-9-10-11-18(15-6-2,16-7-3)17-13(4)12-14/h12,14H,5-11H2,1-4H3/b13-12+. The average Bonchev–Trinajstić information content (AvgIpc) is 2.35. The quantitative estimate of drug-likeness (QED) is 0.352. The van der Waals surface area contributed by atoms with E-state index in [-0.39, 0.29) is 0 Å². The van der Waals surface area contributed by atoms with Crippen molar-refractivity contribution in [3.05, 3.63) is 12.0 Å². The fourth-order valence-electron chi connectivity index (χ4n) is 1.78. The Morgan fingerprint density at radius 3 is 2.11 bits per heavy atom. The number of aliphatic hydroxyl groups is 1. The van der Waals surface area contributed by atoms with Crippen LogP contribution in [0.4, 0.5) is 0 Å². The largest absolute Gasteiger partial charge is 0.565 e. The van der Waals surface area contributed by atoms with Gasteiger partial charge in [-0.25, -0.2) is 0 Å². The third-order valence-electron chi connectivity index (χ3n) is 2.56. The van der Waals surface area contributed by atoms with Gasteiger partial charge in [0.1, 0.15) is 12.0 Å². The Kier molecular flexibility index (Phi) is 10.1. The van der Waals surface area contributed by atoms with Gasteiger partial charge in [-0.15, -0.1) is 0 Å². The summed E-state index contributed by atoms with van der Waals surface area (Å²) in [6, 6.07) is 0.805. The van der Waals surface area contributed by atoms with Gasteiger partial charge in [-0.1, -0.05) is 26.2 Å². The van der Waals surface area contributed by atoms with Crippen molar-refractivity contribution < 1.29 is 18.4 Å². The lowest BCUT2D eigenvalue weighted by atomic mass is 10.2. The Balaban J connectivity index is 4.51. The van der Waals surface area contributed by atoms with Crippen molar-refractivity contribution in [1.82, 2.24) is 0 Å². The van der Waals surface area contributed by atoms with E-state index >= 15 is 0 Å². The van der Waals surface area contributed by atoms with Gasteiger partial charge in [0.15, 0.2) is 0 Å². The first-order valence-electron chi connectivity index (χ1n) is 6.92. The molecule has 0 saturated carbocycles. The van der Waals surface area contributed by atoms with Crippen LogP contribution in [0.5, 0.6) is 0 Å². The number of hydrogen-bond acceptors (Lipinski definition) is 4. The summed E-state index contributed by atoms with van der Waals surface area (Å²) in [6.45, 7) is 8.91. The molecule has 0 saturated heterocycles. The van der Waals surface area contributed by atoms with Gasteiger partial charge in [-0.05, 0) is 27.2 Å². The van der Waals surface area contributed by atoms with E-state index < -0.39 is 8.80 Å². The number of hydrogen-bond donors (Lipinski definition) is 1. The lowest BCUT2D eigenvalue weighted by Crippen LogP contribution is -2.45. The van der Waals surface area contributed by atoms with E-state index in [2.05, 4.69) is 6.92 Å². The summed E-state index contributed by atoms with van der Waals surface area (Å²) >= 11 is 0. The SMILES string of the molecule is CCCCCC[Si](OCC)(OCC)O/C(C)=C/O. The highest BCUT2D eigenvalue weighted by Crippen LogP contribution is 2.22. The predicted molar refractivity (Wildman–Crippen MR) is 75.4 cm³/mol. The number of unbranched alkanes of at least 4 members (excludes halogenated alkanes) is 3. The molecule has 0 aromatic rings. The van der Waals surface area contributed by atoms with E-state index in [1.165, 1.54) is 12.8 Å². The fraction of sp³-hybridized carbons (Fsp3) is 0.846. The summed E-state index contributed by atoms with van der Waals surface area (Å²) < 4.78 is 17.3. The summed E-state index contributed by atoms with van der Waals surface area (Å²) in [7, 11) is -2.66. The van der Waals surface area contributed by atoms with Crippen molar-refractivity contribution in [3.63, 3.8) is 0 Å². The van der Waals surface area contributed by atoms with Crippen molar-refractivity contribution in [1.29, 1.82) is 0 Å². The van der Waals surface area contributed by atoms with Crippen molar-refractivity contribution in [2.45, 2.75) is 59.4 Å². The normalized spacial score (nSPS) is 12.8. The summed E-state index contributed by atoms with van der Waals surface area (Å²) in [4.78, 5) is 0. The van der Waals surface area contributed by atoms with Crippen LogP contribution in [0.3, 0.4) is 0 Å². The first-order chi connectivity index (χ1) is 8.64. The zero-order valence-electron chi connectivity index (χ0n) is 12.2. The first kappa shape index (κ1) is 17.5. The average molecular weight is 276 g/mol. The minimum Gasteiger partial charge on any atom is -0.512 e. The summed E-state index contributed by atoms with van der Waals surface area (Å²) in [5.74, 6) is 0.457. The second kappa shape index (κ2) is 10.4. The molecule has 18 heavy (non-hydrogen) atoms. The van der Waals surface area contributed by atoms with Gasteiger partial charge in [0.2, 0.25) is 0 Å². The smallest absolute Gasteiger partial charge is 0.512 e. The van der Waals surface area contributed by atoms with E-state index in [1.807, 2.05) is 13.8 Å². The molecule has 0 fully saturated rings. The van der Waals surface area contributed by atoms with Crippen molar-refractivity contribution in [2.24, 2.45) is 0 Å². The van der Waals surface area contributed by atoms with Crippen LogP contribution in [-0.2, 0) is 13.3 Å². The minimum absolute atomic E-state index is 0.457. The van der Waals surface area contributed by atoms with E-state index in [4.69, 9.17) is 18.4 Å². The molecule has 1 N–H and O–H groups in total. The molecular formula is C13H28O4Si. The first-order valence-corrected chi connectivity index (χ1v) is 8.85. The molecule has 0 spiro atoms. The van der Waals surface area contributed by atoms with Crippen LogP contribution in [0.15, 0.2) is 12.0 Å². The summed E-state index contributed by atoms with van der Waals surface area (Å²) in [6.07, 6.45) is 5.59. The fourth-order valence-corrected chi connectivity index (χ4v) is 4.47. The molecule has 0 aliphatic heterocycles. The second-order valence-corrected chi connectivity index (χ2v) is 6.85. The Labute approximate surface area is 112 Å². The number of rotatable bonds is 11. The van der Waals surface area contributed by atoms with Crippen molar-refractivity contribution in [3.8, 4) is 0 Å². The highest BCUT2D eigenvalue weighted by Gasteiger charge is 2.42. The van der Waals surface area contributed by atoms with Gasteiger partial charge in [0, 0.05) is 19.3 Å². The van der Waals surface area contributed by atoms with Crippen LogP contribution in [0.1, 0.15) is 53.4 Å². The Morgan fingerprint density at radius 2 is 1.67 bits per heavy atom. The molecule has 0 unspecified atom stereocenters. The molecule has 0 aliphatic carbocycles. The monoisotopic (exact) mass is 276 g/mol.